The van der Waals surface area contributed by atoms with Gasteiger partial charge in [0.2, 0.25) is 6.23 Å². The highest BCUT2D eigenvalue weighted by Crippen LogP contribution is 2.36. The summed E-state index contributed by atoms with van der Waals surface area (Å²) in [5.74, 6) is -0.423. The van der Waals surface area contributed by atoms with Crippen LogP contribution in [0.1, 0.15) is 61.4 Å². The molecule has 1 atom stereocenters. The SMILES string of the molecule is Cc1sc(-c2ccc(C(F)(F)F)cc2)nc1-c1nn(C(C)OC(=O)C2CCCCC2)nc1C#N. The normalized spacial score (nSPS) is 15.6. The van der Waals surface area contributed by atoms with Gasteiger partial charge in [0.1, 0.15) is 16.8 Å². The molecule has 11 heteroatoms. The van der Waals surface area contributed by atoms with Gasteiger partial charge in [-0.05, 0) is 38.8 Å². The van der Waals surface area contributed by atoms with Crippen molar-refractivity contribution in [1.29, 1.82) is 5.26 Å². The second-order valence-corrected chi connectivity index (χ2v) is 9.40. The van der Waals surface area contributed by atoms with Gasteiger partial charge >= 0.3 is 12.1 Å². The van der Waals surface area contributed by atoms with Crippen LogP contribution in [0, 0.1) is 24.2 Å². The van der Waals surface area contributed by atoms with Gasteiger partial charge in [-0.15, -0.1) is 26.3 Å². The maximum Gasteiger partial charge on any atom is 0.416 e. The van der Waals surface area contributed by atoms with Gasteiger partial charge in [-0.25, -0.2) is 4.98 Å². The fraction of sp³-hybridized carbons (Fsp3) is 0.435. The number of esters is 1. The lowest BCUT2D eigenvalue weighted by Crippen LogP contribution is -2.24. The molecule has 1 saturated carbocycles. The number of hydrogen-bond acceptors (Lipinski definition) is 7. The number of aromatic nitrogens is 4. The van der Waals surface area contributed by atoms with Gasteiger partial charge in [0, 0.05) is 10.4 Å². The highest BCUT2D eigenvalue weighted by molar-refractivity contribution is 7.15. The molecule has 1 aromatic carbocycles. The molecule has 2 heterocycles. The summed E-state index contributed by atoms with van der Waals surface area (Å²) in [6, 6.07) is 6.72. The van der Waals surface area contributed by atoms with E-state index in [2.05, 4.69) is 15.2 Å². The van der Waals surface area contributed by atoms with Gasteiger partial charge in [0.15, 0.2) is 11.4 Å². The van der Waals surface area contributed by atoms with Crippen molar-refractivity contribution >= 4 is 17.3 Å². The zero-order chi connectivity index (χ0) is 24.5. The number of ether oxygens (including phenoxy) is 1. The second kappa shape index (κ2) is 9.54. The molecule has 178 valence electrons. The Bertz CT molecular complexity index is 1220. The van der Waals surface area contributed by atoms with Gasteiger partial charge < -0.3 is 4.74 Å². The fourth-order valence-electron chi connectivity index (χ4n) is 3.91. The number of thiazole rings is 1. The molecule has 0 saturated heterocycles. The first kappa shape index (κ1) is 23.9. The highest BCUT2D eigenvalue weighted by Gasteiger charge is 2.30. The molecule has 0 spiro atoms. The van der Waals surface area contributed by atoms with E-state index in [-0.39, 0.29) is 23.3 Å². The van der Waals surface area contributed by atoms with Crippen LogP contribution in [-0.2, 0) is 15.7 Å². The van der Waals surface area contributed by atoms with Gasteiger partial charge in [0.05, 0.1) is 11.5 Å². The number of nitriles is 1. The Morgan fingerprint density at radius 1 is 1.18 bits per heavy atom. The first-order chi connectivity index (χ1) is 16.2. The highest BCUT2D eigenvalue weighted by atomic mass is 32.1. The predicted molar refractivity (Wildman–Crippen MR) is 118 cm³/mol. The van der Waals surface area contributed by atoms with Gasteiger partial charge in [-0.3, -0.25) is 4.79 Å². The van der Waals surface area contributed by atoms with Crippen LogP contribution >= 0.6 is 11.3 Å². The minimum Gasteiger partial charge on any atom is -0.438 e. The molecule has 34 heavy (non-hydrogen) atoms. The average Bonchev–Trinajstić information content (AvgIpc) is 3.42. The lowest BCUT2D eigenvalue weighted by Gasteiger charge is -2.21. The largest absolute Gasteiger partial charge is 0.438 e. The fourth-order valence-corrected chi connectivity index (χ4v) is 4.83. The van der Waals surface area contributed by atoms with Crippen molar-refractivity contribution in [3.63, 3.8) is 0 Å². The van der Waals surface area contributed by atoms with Crippen molar-refractivity contribution in [2.24, 2.45) is 5.92 Å². The number of hydrogen-bond donors (Lipinski definition) is 0. The summed E-state index contributed by atoms with van der Waals surface area (Å²) >= 11 is 1.28. The molecule has 0 amide bonds. The third-order valence-electron chi connectivity index (χ3n) is 5.77. The van der Waals surface area contributed by atoms with E-state index in [0.29, 0.717) is 16.3 Å². The van der Waals surface area contributed by atoms with E-state index < -0.39 is 18.0 Å². The van der Waals surface area contributed by atoms with Gasteiger partial charge in [-0.1, -0.05) is 31.4 Å². The summed E-state index contributed by atoms with van der Waals surface area (Å²) in [7, 11) is 0. The summed E-state index contributed by atoms with van der Waals surface area (Å²) in [5, 5.41) is 18.6. The number of alkyl halides is 3. The number of aryl methyl sites for hydroxylation is 1. The lowest BCUT2D eigenvalue weighted by atomic mass is 9.89. The van der Waals surface area contributed by atoms with Crippen molar-refractivity contribution in [1.82, 2.24) is 20.0 Å². The van der Waals surface area contributed by atoms with Crippen molar-refractivity contribution in [3.8, 4) is 28.0 Å². The molecule has 0 radical (unpaired) electrons. The Kier molecular flexibility index (Phi) is 6.70. The van der Waals surface area contributed by atoms with E-state index in [1.54, 1.807) is 13.8 Å². The van der Waals surface area contributed by atoms with Crippen LogP contribution in [-0.4, -0.2) is 25.9 Å². The molecule has 1 fully saturated rings. The Morgan fingerprint density at radius 2 is 1.85 bits per heavy atom. The van der Waals surface area contributed by atoms with Crippen molar-refractivity contribution in [2.75, 3.05) is 0 Å². The lowest BCUT2D eigenvalue weighted by molar-refractivity contribution is -0.160. The molecule has 1 unspecified atom stereocenters. The standard InChI is InChI=1S/C23H22F3N5O2S/c1-13-19(28-21(34-13)15-8-10-17(11-9-15)23(24,25)26)20-18(12-27)29-31(30-20)14(2)33-22(32)16-6-4-3-5-7-16/h8-11,14,16H,3-7H2,1-2H3. The number of rotatable bonds is 5. The third-order valence-corrected chi connectivity index (χ3v) is 6.79. The van der Waals surface area contributed by atoms with E-state index in [1.807, 2.05) is 6.07 Å². The minimum atomic E-state index is -4.42. The van der Waals surface area contributed by atoms with E-state index in [0.717, 1.165) is 49.1 Å². The monoisotopic (exact) mass is 489 g/mol. The molecule has 1 aliphatic rings. The molecule has 0 bridgehead atoms. The van der Waals surface area contributed by atoms with E-state index >= 15 is 0 Å². The van der Waals surface area contributed by atoms with Crippen LogP contribution in [0.5, 0.6) is 0 Å². The first-order valence-electron chi connectivity index (χ1n) is 10.9. The Hall–Kier alpha value is -3.26. The van der Waals surface area contributed by atoms with Gasteiger partial charge in [0.25, 0.3) is 0 Å². The summed E-state index contributed by atoms with van der Waals surface area (Å²) in [6.07, 6.45) is -0.489. The summed E-state index contributed by atoms with van der Waals surface area (Å²) in [4.78, 5) is 18.9. The third kappa shape index (κ3) is 4.97. The Labute approximate surface area is 198 Å². The topological polar surface area (TPSA) is 93.7 Å². The summed E-state index contributed by atoms with van der Waals surface area (Å²) in [6.45, 7) is 3.42. The number of nitrogens with zero attached hydrogens (tertiary/aromatic N) is 5. The van der Waals surface area contributed by atoms with Crippen LogP contribution in [0.15, 0.2) is 24.3 Å². The van der Waals surface area contributed by atoms with Gasteiger partial charge in [-0.2, -0.15) is 18.4 Å². The van der Waals surface area contributed by atoms with Crippen LogP contribution < -0.4 is 0 Å². The zero-order valence-corrected chi connectivity index (χ0v) is 19.4. The van der Waals surface area contributed by atoms with Crippen LogP contribution in [0.4, 0.5) is 13.2 Å². The number of carbonyl (C=O) groups excluding carboxylic acids is 1. The molecule has 3 aromatic rings. The quantitative estimate of drug-likeness (QED) is 0.414. The second-order valence-electron chi connectivity index (χ2n) is 8.20. The number of halogens is 3. The van der Waals surface area contributed by atoms with E-state index in [1.165, 1.54) is 28.3 Å². The van der Waals surface area contributed by atoms with E-state index in [9.17, 15) is 23.2 Å². The van der Waals surface area contributed by atoms with Crippen molar-refractivity contribution in [2.45, 2.75) is 58.4 Å². The molecule has 4 rings (SSSR count). The number of benzene rings is 1. The Balaban J connectivity index is 1.57. The molecule has 0 aliphatic heterocycles. The number of carbonyl (C=O) groups is 1. The average molecular weight is 490 g/mol. The molecule has 2 aromatic heterocycles. The van der Waals surface area contributed by atoms with E-state index in [4.69, 9.17) is 4.74 Å². The zero-order valence-electron chi connectivity index (χ0n) is 18.6. The molecular formula is C23H22F3N5O2S. The molecule has 7 nitrogen and oxygen atoms in total. The first-order valence-corrected chi connectivity index (χ1v) is 11.7. The summed E-state index contributed by atoms with van der Waals surface area (Å²) in [5.41, 5.74) is 0.445. The smallest absolute Gasteiger partial charge is 0.416 e. The molecule has 0 N–H and O–H groups in total. The van der Waals surface area contributed by atoms with Crippen LogP contribution in [0.25, 0.3) is 22.0 Å². The van der Waals surface area contributed by atoms with Crippen LogP contribution in [0.3, 0.4) is 0 Å². The van der Waals surface area contributed by atoms with Crippen molar-refractivity contribution in [3.05, 3.63) is 40.4 Å². The Morgan fingerprint density at radius 3 is 2.47 bits per heavy atom. The maximum absolute atomic E-state index is 12.9. The maximum atomic E-state index is 12.9. The predicted octanol–water partition coefficient (Wildman–Crippen LogP) is 5.91. The van der Waals surface area contributed by atoms with Crippen molar-refractivity contribution < 1.29 is 22.7 Å². The minimum absolute atomic E-state index is 0.0212. The molecule has 1 aliphatic carbocycles. The molecular weight excluding hydrogens is 467 g/mol. The summed E-state index contributed by atoms with van der Waals surface area (Å²) < 4.78 is 44.1. The van der Waals surface area contributed by atoms with Crippen LogP contribution in [0.2, 0.25) is 0 Å².